The first-order valence-electron chi connectivity index (χ1n) is 12.0. The van der Waals surface area contributed by atoms with Gasteiger partial charge < -0.3 is 40.1 Å². The van der Waals surface area contributed by atoms with E-state index in [2.05, 4.69) is 0 Å². The molecule has 0 aliphatic carbocycles. The molecule has 0 spiro atoms. The van der Waals surface area contributed by atoms with E-state index in [9.17, 15) is 35.4 Å². The zero-order valence-corrected chi connectivity index (χ0v) is 21.7. The third-order valence-corrected chi connectivity index (χ3v) is 5.72. The van der Waals surface area contributed by atoms with Crippen molar-refractivity contribution < 1.29 is 44.9 Å². The predicted octanol–water partition coefficient (Wildman–Crippen LogP) is 5.49. The van der Waals surface area contributed by atoms with Crippen molar-refractivity contribution in [1.82, 2.24) is 0 Å². The predicted molar refractivity (Wildman–Crippen MR) is 138 cm³/mol. The molecule has 0 saturated carbocycles. The molecular formula is C28H34O9. The number of phenolic OH excluding ortho intramolecular Hbond substituents is 6. The maximum atomic E-state index is 12.9. The van der Waals surface area contributed by atoms with Crippen LogP contribution >= 0.6 is 0 Å². The summed E-state index contributed by atoms with van der Waals surface area (Å²) in [7, 11) is 0. The molecular weight excluding hydrogens is 480 g/mol. The van der Waals surface area contributed by atoms with Gasteiger partial charge in [-0.1, -0.05) is 27.7 Å². The minimum atomic E-state index is -1.07. The maximum absolute atomic E-state index is 12.9. The quantitative estimate of drug-likeness (QED) is 0.196. The molecule has 9 nitrogen and oxygen atoms in total. The van der Waals surface area contributed by atoms with Crippen LogP contribution in [0.4, 0.5) is 0 Å². The van der Waals surface area contributed by atoms with E-state index in [0.717, 1.165) is 18.2 Å². The van der Waals surface area contributed by atoms with Crippen LogP contribution in [0.5, 0.6) is 40.2 Å². The standard InChI is InChI=1S/C24H22O9.2C2H6/c1-10-3-13(6-16(26)11(10)2)24(31)33-21-9-15-17(27)7-14(25)8-20(15)32-23(21)12-4-18(28)22(30)19(29)5-12;2*1-2/h3-8,21,23,25-30H,9H2,1-2H3;2*1-2H3. The molecule has 0 fully saturated rings. The number of carbonyl (C=O) groups excluding carboxylic acids is 1. The normalized spacial score (nSPS) is 15.6. The van der Waals surface area contributed by atoms with Crippen LogP contribution in [0.25, 0.3) is 0 Å². The van der Waals surface area contributed by atoms with E-state index >= 15 is 0 Å². The molecule has 37 heavy (non-hydrogen) atoms. The zero-order valence-electron chi connectivity index (χ0n) is 21.7. The molecule has 1 heterocycles. The maximum Gasteiger partial charge on any atom is 0.338 e. The lowest BCUT2D eigenvalue weighted by Gasteiger charge is -2.34. The van der Waals surface area contributed by atoms with Crippen LogP contribution in [0.15, 0.2) is 36.4 Å². The van der Waals surface area contributed by atoms with Crippen LogP contribution < -0.4 is 4.74 Å². The van der Waals surface area contributed by atoms with Crippen molar-refractivity contribution in [3.05, 3.63) is 64.2 Å². The Bertz CT molecular complexity index is 1220. The summed E-state index contributed by atoms with van der Waals surface area (Å²) in [4.78, 5) is 12.9. The fraction of sp³-hybridized carbons (Fsp3) is 0.321. The molecule has 9 heteroatoms. The smallest absolute Gasteiger partial charge is 0.338 e. The van der Waals surface area contributed by atoms with Crippen molar-refractivity contribution in [3.8, 4) is 40.2 Å². The van der Waals surface area contributed by atoms with Gasteiger partial charge in [-0.3, -0.25) is 0 Å². The van der Waals surface area contributed by atoms with Crippen LogP contribution in [0.2, 0.25) is 0 Å². The van der Waals surface area contributed by atoms with Gasteiger partial charge in [-0.15, -0.1) is 0 Å². The van der Waals surface area contributed by atoms with Crippen molar-refractivity contribution in [2.45, 2.75) is 60.2 Å². The first kappa shape index (κ1) is 29.0. The highest BCUT2D eigenvalue weighted by atomic mass is 16.6. The SMILES string of the molecule is CC.CC.Cc1cc(C(=O)OC2Cc3c(O)cc(O)cc3OC2c2cc(O)c(O)c(O)c2)cc(O)c1C. The van der Waals surface area contributed by atoms with E-state index in [-0.39, 0.29) is 46.1 Å². The van der Waals surface area contributed by atoms with Crippen molar-refractivity contribution in [2.24, 2.45) is 0 Å². The topological polar surface area (TPSA) is 157 Å². The molecule has 0 aromatic heterocycles. The number of ether oxygens (including phenoxy) is 2. The monoisotopic (exact) mass is 514 g/mol. The van der Waals surface area contributed by atoms with Crippen molar-refractivity contribution >= 4 is 5.97 Å². The van der Waals surface area contributed by atoms with E-state index < -0.39 is 35.4 Å². The molecule has 2 atom stereocenters. The number of esters is 1. The summed E-state index contributed by atoms with van der Waals surface area (Å²) in [6, 6.07) is 7.55. The first-order valence-corrected chi connectivity index (χ1v) is 12.0. The molecule has 1 aliphatic heterocycles. The van der Waals surface area contributed by atoms with Crippen LogP contribution in [-0.4, -0.2) is 42.7 Å². The summed E-state index contributed by atoms with van der Waals surface area (Å²) in [5, 5.41) is 59.7. The second-order valence-corrected chi connectivity index (χ2v) is 7.97. The number of rotatable bonds is 3. The summed E-state index contributed by atoms with van der Waals surface area (Å²) in [5.41, 5.74) is 1.88. The Kier molecular flexibility index (Phi) is 9.48. The van der Waals surface area contributed by atoms with Gasteiger partial charge >= 0.3 is 5.97 Å². The summed E-state index contributed by atoms with van der Waals surface area (Å²) >= 11 is 0. The molecule has 200 valence electrons. The fourth-order valence-electron chi connectivity index (χ4n) is 3.79. The molecule has 2 unspecified atom stereocenters. The molecule has 0 amide bonds. The summed E-state index contributed by atoms with van der Waals surface area (Å²) < 4.78 is 11.6. The van der Waals surface area contributed by atoms with Crippen molar-refractivity contribution in [2.75, 3.05) is 0 Å². The summed E-state index contributed by atoms with van der Waals surface area (Å²) in [5.74, 6) is -3.15. The van der Waals surface area contributed by atoms with Crippen LogP contribution in [0.3, 0.4) is 0 Å². The number of hydrogen-bond donors (Lipinski definition) is 6. The number of benzene rings is 3. The van der Waals surface area contributed by atoms with Gasteiger partial charge in [-0.05, 0) is 49.2 Å². The third-order valence-electron chi connectivity index (χ3n) is 5.72. The molecule has 4 rings (SSSR count). The van der Waals surface area contributed by atoms with Crippen LogP contribution in [-0.2, 0) is 11.2 Å². The molecule has 0 saturated heterocycles. The van der Waals surface area contributed by atoms with E-state index in [4.69, 9.17) is 9.47 Å². The second-order valence-electron chi connectivity index (χ2n) is 7.97. The van der Waals surface area contributed by atoms with E-state index in [1.54, 1.807) is 19.9 Å². The van der Waals surface area contributed by atoms with Gasteiger partial charge in [0.1, 0.15) is 29.1 Å². The largest absolute Gasteiger partial charge is 0.508 e. The molecule has 0 radical (unpaired) electrons. The van der Waals surface area contributed by atoms with Gasteiger partial charge in [0, 0.05) is 29.7 Å². The lowest BCUT2D eigenvalue weighted by atomic mass is 9.93. The van der Waals surface area contributed by atoms with E-state index in [1.165, 1.54) is 12.1 Å². The molecule has 3 aromatic rings. The number of phenols is 6. The lowest BCUT2D eigenvalue weighted by Crippen LogP contribution is -2.34. The van der Waals surface area contributed by atoms with Gasteiger partial charge in [0.05, 0.1) is 5.56 Å². The molecule has 1 aliphatic rings. The van der Waals surface area contributed by atoms with Gasteiger partial charge in [0.2, 0.25) is 0 Å². The van der Waals surface area contributed by atoms with Gasteiger partial charge in [-0.25, -0.2) is 4.79 Å². The fourth-order valence-corrected chi connectivity index (χ4v) is 3.79. The minimum Gasteiger partial charge on any atom is -0.508 e. The Morgan fingerprint density at radius 3 is 1.97 bits per heavy atom. The Hall–Kier alpha value is -4.27. The average Bonchev–Trinajstić information content (AvgIpc) is 2.87. The van der Waals surface area contributed by atoms with Crippen LogP contribution in [0, 0.1) is 13.8 Å². The van der Waals surface area contributed by atoms with Crippen molar-refractivity contribution in [3.63, 3.8) is 0 Å². The highest BCUT2D eigenvalue weighted by Gasteiger charge is 2.37. The van der Waals surface area contributed by atoms with Crippen LogP contribution in [0.1, 0.15) is 66.4 Å². The molecule has 0 bridgehead atoms. The number of aryl methyl sites for hydroxylation is 1. The number of carbonyl (C=O) groups is 1. The highest BCUT2D eigenvalue weighted by molar-refractivity contribution is 5.90. The van der Waals surface area contributed by atoms with Gasteiger partial charge in [0.15, 0.2) is 23.4 Å². The first-order chi connectivity index (χ1) is 17.5. The Labute approximate surface area is 215 Å². The van der Waals surface area contributed by atoms with Gasteiger partial charge in [0.25, 0.3) is 0 Å². The van der Waals surface area contributed by atoms with Crippen molar-refractivity contribution in [1.29, 1.82) is 0 Å². The number of aromatic hydroxyl groups is 6. The minimum absolute atomic E-state index is 0.0168. The summed E-state index contributed by atoms with van der Waals surface area (Å²) in [6.07, 6.45) is -2.12. The Balaban J connectivity index is 0.00000115. The van der Waals surface area contributed by atoms with Gasteiger partial charge in [-0.2, -0.15) is 0 Å². The Morgan fingerprint density at radius 2 is 1.41 bits per heavy atom. The average molecular weight is 515 g/mol. The van der Waals surface area contributed by atoms with E-state index in [0.29, 0.717) is 11.1 Å². The highest BCUT2D eigenvalue weighted by Crippen LogP contribution is 2.45. The van der Waals surface area contributed by atoms with E-state index in [1.807, 2.05) is 27.7 Å². The Morgan fingerprint density at radius 1 is 0.811 bits per heavy atom. The number of hydrogen-bond acceptors (Lipinski definition) is 9. The lowest BCUT2D eigenvalue weighted by molar-refractivity contribution is -0.0189. The summed E-state index contributed by atoms with van der Waals surface area (Å²) in [6.45, 7) is 11.4. The molecule has 6 N–H and O–H groups in total. The zero-order chi connectivity index (χ0) is 28.0. The number of fused-ring (bicyclic) bond motifs is 1. The molecule has 3 aromatic carbocycles. The third kappa shape index (κ3) is 6.11. The second kappa shape index (κ2) is 12.1.